The van der Waals surface area contributed by atoms with Crippen LogP contribution in [0.4, 0.5) is 0 Å². The molecule has 5 heteroatoms. The predicted octanol–water partition coefficient (Wildman–Crippen LogP) is 2.66. The second kappa shape index (κ2) is 7.64. The molecule has 1 aromatic heterocycles. The van der Waals surface area contributed by atoms with Crippen LogP contribution >= 0.6 is 0 Å². The molecule has 1 atom stereocenters. The Balaban J connectivity index is 1.77. The number of nitrogens with zero attached hydrogens (tertiary/aromatic N) is 1. The molecule has 0 radical (unpaired) electrons. The van der Waals surface area contributed by atoms with E-state index < -0.39 is 6.10 Å². The first-order valence-electron chi connectivity index (χ1n) is 7.58. The van der Waals surface area contributed by atoms with Crippen LogP contribution < -0.4 is 10.1 Å². The summed E-state index contributed by atoms with van der Waals surface area (Å²) in [6, 6.07) is 7.87. The fraction of sp³-hybridized carbons (Fsp3) is 0.412. The van der Waals surface area contributed by atoms with Crippen molar-refractivity contribution in [3.05, 3.63) is 48.0 Å². The van der Waals surface area contributed by atoms with Crippen molar-refractivity contribution in [2.75, 3.05) is 6.54 Å². The SMILES string of the molecule is CC(Oc1ccc(C(C)C)cc1)C(=O)NCCc1cnc[nH]1. The highest BCUT2D eigenvalue weighted by Gasteiger charge is 2.14. The van der Waals surface area contributed by atoms with Crippen molar-refractivity contribution in [1.82, 2.24) is 15.3 Å². The maximum Gasteiger partial charge on any atom is 0.260 e. The number of amides is 1. The summed E-state index contributed by atoms with van der Waals surface area (Å²) in [4.78, 5) is 18.9. The van der Waals surface area contributed by atoms with Gasteiger partial charge >= 0.3 is 0 Å². The Kier molecular flexibility index (Phi) is 5.58. The van der Waals surface area contributed by atoms with Gasteiger partial charge in [0.05, 0.1) is 6.33 Å². The van der Waals surface area contributed by atoms with Crippen molar-refractivity contribution in [3.8, 4) is 5.75 Å². The van der Waals surface area contributed by atoms with E-state index in [9.17, 15) is 4.79 Å². The monoisotopic (exact) mass is 301 g/mol. The minimum atomic E-state index is -0.522. The van der Waals surface area contributed by atoms with Crippen LogP contribution in [0.2, 0.25) is 0 Å². The molecule has 0 fully saturated rings. The number of carbonyl (C=O) groups is 1. The first kappa shape index (κ1) is 16.1. The van der Waals surface area contributed by atoms with Gasteiger partial charge in [0.1, 0.15) is 5.75 Å². The van der Waals surface area contributed by atoms with Crippen molar-refractivity contribution >= 4 is 5.91 Å². The number of benzene rings is 1. The van der Waals surface area contributed by atoms with Gasteiger partial charge in [0.2, 0.25) is 0 Å². The third kappa shape index (κ3) is 4.62. The smallest absolute Gasteiger partial charge is 0.260 e. The molecular weight excluding hydrogens is 278 g/mol. The highest BCUT2D eigenvalue weighted by molar-refractivity contribution is 5.80. The van der Waals surface area contributed by atoms with E-state index in [1.54, 1.807) is 19.4 Å². The Morgan fingerprint density at radius 2 is 2.00 bits per heavy atom. The Morgan fingerprint density at radius 1 is 1.27 bits per heavy atom. The standard InChI is InChI=1S/C17H23N3O2/c1-12(2)14-4-6-16(7-5-14)22-13(3)17(21)19-9-8-15-10-18-11-20-15/h4-7,10-13H,8-9H2,1-3H3,(H,18,20)(H,19,21). The number of H-pyrrole nitrogens is 1. The van der Waals surface area contributed by atoms with Gasteiger partial charge in [0, 0.05) is 24.9 Å². The van der Waals surface area contributed by atoms with E-state index in [1.165, 1.54) is 5.56 Å². The first-order valence-corrected chi connectivity index (χ1v) is 7.58. The molecule has 1 heterocycles. The molecule has 118 valence electrons. The molecule has 2 N–H and O–H groups in total. The van der Waals surface area contributed by atoms with Gasteiger partial charge in [0.15, 0.2) is 6.10 Å². The molecule has 1 unspecified atom stereocenters. The second-order valence-corrected chi connectivity index (χ2v) is 5.60. The number of rotatable bonds is 7. The summed E-state index contributed by atoms with van der Waals surface area (Å²) < 4.78 is 5.67. The Bertz CT molecular complexity index is 576. The maximum absolute atomic E-state index is 12.0. The summed E-state index contributed by atoms with van der Waals surface area (Å²) in [5.41, 5.74) is 2.25. The topological polar surface area (TPSA) is 67.0 Å². The zero-order valence-electron chi connectivity index (χ0n) is 13.3. The van der Waals surface area contributed by atoms with Crippen LogP contribution in [0.3, 0.4) is 0 Å². The lowest BCUT2D eigenvalue weighted by Crippen LogP contribution is -2.37. The quantitative estimate of drug-likeness (QED) is 0.826. The zero-order chi connectivity index (χ0) is 15.9. The van der Waals surface area contributed by atoms with Gasteiger partial charge in [-0.2, -0.15) is 0 Å². The summed E-state index contributed by atoms with van der Waals surface area (Å²) in [6.07, 6.45) is 3.58. The molecule has 1 amide bonds. The molecule has 0 aliphatic heterocycles. The third-order valence-electron chi connectivity index (χ3n) is 3.48. The molecule has 0 saturated carbocycles. The van der Waals surface area contributed by atoms with Crippen molar-refractivity contribution < 1.29 is 9.53 Å². The van der Waals surface area contributed by atoms with Gasteiger partial charge in [0.25, 0.3) is 5.91 Å². The number of carbonyl (C=O) groups excluding carboxylic acids is 1. The molecule has 5 nitrogen and oxygen atoms in total. The molecule has 1 aromatic carbocycles. The van der Waals surface area contributed by atoms with E-state index in [1.807, 2.05) is 24.3 Å². The van der Waals surface area contributed by atoms with Gasteiger partial charge in [-0.05, 0) is 30.5 Å². The van der Waals surface area contributed by atoms with Crippen LogP contribution in [0.5, 0.6) is 5.75 Å². The van der Waals surface area contributed by atoms with Crippen molar-refractivity contribution in [2.24, 2.45) is 0 Å². The van der Waals surface area contributed by atoms with Gasteiger partial charge in [-0.15, -0.1) is 0 Å². The highest BCUT2D eigenvalue weighted by atomic mass is 16.5. The summed E-state index contributed by atoms with van der Waals surface area (Å²) >= 11 is 0. The Hall–Kier alpha value is -2.30. The number of nitrogens with one attached hydrogen (secondary N) is 2. The molecular formula is C17H23N3O2. The summed E-state index contributed by atoms with van der Waals surface area (Å²) in [5.74, 6) is 1.07. The molecule has 2 rings (SSSR count). The maximum atomic E-state index is 12.0. The van der Waals surface area contributed by atoms with Crippen molar-refractivity contribution in [3.63, 3.8) is 0 Å². The van der Waals surface area contributed by atoms with Gasteiger partial charge in [-0.25, -0.2) is 4.98 Å². The van der Waals surface area contributed by atoms with Crippen LogP contribution in [0.15, 0.2) is 36.8 Å². The summed E-state index contributed by atoms with van der Waals surface area (Å²) in [5, 5.41) is 2.86. The number of ether oxygens (including phenoxy) is 1. The predicted molar refractivity (Wildman–Crippen MR) is 85.9 cm³/mol. The summed E-state index contributed by atoms with van der Waals surface area (Å²) in [7, 11) is 0. The van der Waals surface area contributed by atoms with Crippen LogP contribution in [0, 0.1) is 0 Å². The minimum Gasteiger partial charge on any atom is -0.481 e. The second-order valence-electron chi connectivity index (χ2n) is 5.60. The molecule has 2 aromatic rings. The molecule has 22 heavy (non-hydrogen) atoms. The first-order chi connectivity index (χ1) is 10.6. The van der Waals surface area contributed by atoms with Crippen LogP contribution in [0.25, 0.3) is 0 Å². The average molecular weight is 301 g/mol. The molecule has 0 bridgehead atoms. The number of aromatic amines is 1. The average Bonchev–Trinajstić information content (AvgIpc) is 3.01. The largest absolute Gasteiger partial charge is 0.481 e. The lowest BCUT2D eigenvalue weighted by molar-refractivity contribution is -0.127. The number of hydrogen-bond donors (Lipinski definition) is 2. The Labute approximate surface area is 131 Å². The number of hydrogen-bond acceptors (Lipinski definition) is 3. The van der Waals surface area contributed by atoms with Crippen molar-refractivity contribution in [2.45, 2.75) is 39.2 Å². The number of imidazole rings is 1. The normalized spacial score (nSPS) is 12.2. The van der Waals surface area contributed by atoms with E-state index in [0.717, 1.165) is 12.1 Å². The van der Waals surface area contributed by atoms with E-state index in [2.05, 4.69) is 29.1 Å². The molecule has 0 saturated heterocycles. The minimum absolute atomic E-state index is 0.118. The highest BCUT2D eigenvalue weighted by Crippen LogP contribution is 2.19. The van der Waals surface area contributed by atoms with E-state index >= 15 is 0 Å². The number of aromatic nitrogens is 2. The van der Waals surface area contributed by atoms with Gasteiger partial charge in [-0.3, -0.25) is 4.79 Å². The van der Waals surface area contributed by atoms with E-state index in [-0.39, 0.29) is 5.91 Å². The molecule has 0 aliphatic carbocycles. The van der Waals surface area contributed by atoms with Crippen molar-refractivity contribution in [1.29, 1.82) is 0 Å². The zero-order valence-corrected chi connectivity index (χ0v) is 13.3. The van der Waals surface area contributed by atoms with Gasteiger partial charge < -0.3 is 15.0 Å². The van der Waals surface area contributed by atoms with Gasteiger partial charge in [-0.1, -0.05) is 26.0 Å². The molecule has 0 aliphatic rings. The summed E-state index contributed by atoms with van der Waals surface area (Å²) in [6.45, 7) is 6.60. The molecule has 0 spiro atoms. The van der Waals surface area contributed by atoms with Crippen LogP contribution in [0.1, 0.15) is 37.9 Å². The van der Waals surface area contributed by atoms with E-state index in [0.29, 0.717) is 18.2 Å². The fourth-order valence-corrected chi connectivity index (χ4v) is 2.07. The lowest BCUT2D eigenvalue weighted by Gasteiger charge is -2.15. The van der Waals surface area contributed by atoms with E-state index in [4.69, 9.17) is 4.74 Å². The third-order valence-corrected chi connectivity index (χ3v) is 3.48. The lowest BCUT2D eigenvalue weighted by atomic mass is 10.0. The van der Waals surface area contributed by atoms with Crippen LogP contribution in [-0.4, -0.2) is 28.5 Å². The Morgan fingerprint density at radius 3 is 2.59 bits per heavy atom. The van der Waals surface area contributed by atoms with Crippen LogP contribution in [-0.2, 0) is 11.2 Å². The fourth-order valence-electron chi connectivity index (χ4n) is 2.07.